The first kappa shape index (κ1) is 21.4. The van der Waals surface area contributed by atoms with Gasteiger partial charge in [0.1, 0.15) is 22.7 Å². The highest BCUT2D eigenvalue weighted by atomic mass is 16.5. The predicted molar refractivity (Wildman–Crippen MR) is 125 cm³/mol. The van der Waals surface area contributed by atoms with E-state index in [2.05, 4.69) is 9.88 Å². The number of aromatic nitrogens is 1. The van der Waals surface area contributed by atoms with Gasteiger partial charge in [-0.1, -0.05) is 30.3 Å². The van der Waals surface area contributed by atoms with E-state index in [-0.39, 0.29) is 12.4 Å². The lowest BCUT2D eigenvalue weighted by Gasteiger charge is -2.35. The van der Waals surface area contributed by atoms with Crippen LogP contribution in [-0.4, -0.2) is 53.9 Å². The highest BCUT2D eigenvalue weighted by molar-refractivity contribution is 6.16. The summed E-state index contributed by atoms with van der Waals surface area (Å²) < 4.78 is 17.1. The molecule has 0 bridgehead atoms. The molecule has 170 valence electrons. The molecule has 1 atom stereocenters. The van der Waals surface area contributed by atoms with Gasteiger partial charge in [0.05, 0.1) is 31.6 Å². The summed E-state index contributed by atoms with van der Waals surface area (Å²) in [5.41, 5.74) is 2.29. The van der Waals surface area contributed by atoms with Crippen LogP contribution in [0.2, 0.25) is 0 Å². The molecule has 0 radical (unpaired) electrons. The number of benzene rings is 2. The number of rotatable bonds is 5. The highest BCUT2D eigenvalue weighted by Crippen LogP contribution is 2.47. The van der Waals surface area contributed by atoms with Gasteiger partial charge in [-0.25, -0.2) is 4.79 Å². The molecule has 1 N–H and O–H groups in total. The summed E-state index contributed by atoms with van der Waals surface area (Å²) >= 11 is 0. The molecule has 2 aromatic heterocycles. The normalized spacial score (nSPS) is 15.7. The fourth-order valence-electron chi connectivity index (χ4n) is 4.75. The van der Waals surface area contributed by atoms with Gasteiger partial charge in [0.15, 0.2) is 0 Å². The van der Waals surface area contributed by atoms with Crippen LogP contribution in [0.1, 0.15) is 40.3 Å². The van der Waals surface area contributed by atoms with Crippen molar-refractivity contribution < 1.29 is 23.8 Å². The Morgan fingerprint density at radius 2 is 1.88 bits per heavy atom. The number of esters is 1. The number of aromatic hydroxyl groups is 1. The molecule has 1 unspecified atom stereocenters. The van der Waals surface area contributed by atoms with E-state index in [0.717, 1.165) is 11.1 Å². The SMILES string of the molecule is CCOC(=O)c1c(C)oc2c1c(C(c1ccccn1)N1CCOCC1)c(O)c1ccccc12. The first-order valence-electron chi connectivity index (χ1n) is 11.2. The van der Waals surface area contributed by atoms with Gasteiger partial charge in [-0.15, -0.1) is 0 Å². The van der Waals surface area contributed by atoms with Crippen LogP contribution in [0.5, 0.6) is 5.75 Å². The molecule has 0 amide bonds. The summed E-state index contributed by atoms with van der Waals surface area (Å²) in [6.07, 6.45) is 1.74. The number of hydrogen-bond donors (Lipinski definition) is 1. The number of carbonyl (C=O) groups excluding carboxylic acids is 1. The molecule has 4 aromatic rings. The number of pyridine rings is 1. The van der Waals surface area contributed by atoms with E-state index in [1.54, 1.807) is 20.0 Å². The number of fused-ring (bicyclic) bond motifs is 3. The molecule has 0 spiro atoms. The topological polar surface area (TPSA) is 85.0 Å². The second-order valence-electron chi connectivity index (χ2n) is 8.07. The van der Waals surface area contributed by atoms with Crippen molar-refractivity contribution in [3.05, 3.63) is 71.2 Å². The van der Waals surface area contributed by atoms with Crippen molar-refractivity contribution in [2.75, 3.05) is 32.9 Å². The zero-order chi connectivity index (χ0) is 22.9. The van der Waals surface area contributed by atoms with Gasteiger partial charge in [-0.05, 0) is 26.0 Å². The van der Waals surface area contributed by atoms with Crippen molar-refractivity contribution in [3.8, 4) is 5.75 Å². The molecule has 0 saturated carbocycles. The van der Waals surface area contributed by atoms with Gasteiger partial charge in [0.2, 0.25) is 0 Å². The Hall–Kier alpha value is -3.42. The number of nitrogens with zero attached hydrogens (tertiary/aromatic N) is 2. The molecular weight excluding hydrogens is 420 g/mol. The highest BCUT2D eigenvalue weighted by Gasteiger charge is 2.34. The Labute approximate surface area is 191 Å². The predicted octanol–water partition coefficient (Wildman–Crippen LogP) is 4.59. The van der Waals surface area contributed by atoms with Crippen LogP contribution in [0.4, 0.5) is 0 Å². The Bertz CT molecular complexity index is 1310. The molecule has 7 nitrogen and oxygen atoms in total. The van der Waals surface area contributed by atoms with Gasteiger partial charge in [0, 0.05) is 41.0 Å². The average molecular weight is 447 g/mol. The maximum absolute atomic E-state index is 13.1. The molecular formula is C26H26N2O5. The molecule has 5 rings (SSSR count). The third kappa shape index (κ3) is 3.63. The molecule has 3 heterocycles. The minimum atomic E-state index is -0.466. The summed E-state index contributed by atoms with van der Waals surface area (Å²) in [5, 5.41) is 13.7. The van der Waals surface area contributed by atoms with Gasteiger partial charge in [-0.3, -0.25) is 9.88 Å². The van der Waals surface area contributed by atoms with Crippen LogP contribution in [0.25, 0.3) is 21.7 Å². The van der Waals surface area contributed by atoms with Gasteiger partial charge in [-0.2, -0.15) is 0 Å². The van der Waals surface area contributed by atoms with Crippen molar-refractivity contribution in [2.45, 2.75) is 19.9 Å². The van der Waals surface area contributed by atoms with E-state index >= 15 is 0 Å². The standard InChI is InChI=1S/C26H26N2O5/c1-3-32-26(30)20-16(2)33-25-18-9-5-4-8-17(18)24(29)22(21(20)25)23(19-10-6-7-11-27-19)28-12-14-31-15-13-28/h4-11,23,29H,3,12-15H2,1-2H3. The fraction of sp³-hybridized carbons (Fsp3) is 0.308. The molecule has 2 aromatic carbocycles. The van der Waals surface area contributed by atoms with Crippen molar-refractivity contribution in [2.24, 2.45) is 0 Å². The molecule has 1 aliphatic heterocycles. The lowest BCUT2D eigenvalue weighted by atomic mass is 9.90. The molecule has 1 fully saturated rings. The van der Waals surface area contributed by atoms with Gasteiger partial charge >= 0.3 is 5.97 Å². The van der Waals surface area contributed by atoms with Crippen molar-refractivity contribution >= 4 is 27.7 Å². The Kier molecular flexibility index (Phi) is 5.74. The van der Waals surface area contributed by atoms with Crippen molar-refractivity contribution in [3.63, 3.8) is 0 Å². The zero-order valence-electron chi connectivity index (χ0n) is 18.7. The van der Waals surface area contributed by atoms with Crippen LogP contribution in [-0.2, 0) is 9.47 Å². The first-order valence-corrected chi connectivity index (χ1v) is 11.2. The molecule has 1 aliphatic rings. The molecule has 0 aliphatic carbocycles. The van der Waals surface area contributed by atoms with Gasteiger partial charge in [0.25, 0.3) is 0 Å². The maximum atomic E-state index is 13.1. The maximum Gasteiger partial charge on any atom is 0.342 e. The van der Waals surface area contributed by atoms with Crippen LogP contribution in [0.3, 0.4) is 0 Å². The molecule has 7 heteroatoms. The first-order chi connectivity index (χ1) is 16.1. The number of phenolic OH excluding ortho intramolecular Hbond substituents is 1. The quantitative estimate of drug-likeness (QED) is 0.449. The van der Waals surface area contributed by atoms with Crippen molar-refractivity contribution in [1.29, 1.82) is 0 Å². The number of ether oxygens (including phenoxy) is 2. The zero-order valence-corrected chi connectivity index (χ0v) is 18.7. The summed E-state index contributed by atoms with van der Waals surface area (Å²) in [5.74, 6) is 0.111. The van der Waals surface area contributed by atoms with Crippen molar-refractivity contribution in [1.82, 2.24) is 9.88 Å². The number of morpholine rings is 1. The Morgan fingerprint density at radius 1 is 1.15 bits per heavy atom. The third-order valence-corrected chi connectivity index (χ3v) is 6.17. The fourth-order valence-corrected chi connectivity index (χ4v) is 4.75. The van der Waals surface area contributed by atoms with E-state index in [1.165, 1.54) is 0 Å². The lowest BCUT2D eigenvalue weighted by molar-refractivity contribution is 0.0231. The Morgan fingerprint density at radius 3 is 2.58 bits per heavy atom. The average Bonchev–Trinajstić information content (AvgIpc) is 3.20. The largest absolute Gasteiger partial charge is 0.507 e. The van der Waals surface area contributed by atoms with E-state index < -0.39 is 12.0 Å². The summed E-state index contributed by atoms with van der Waals surface area (Å²) in [7, 11) is 0. The molecule has 1 saturated heterocycles. The number of carbonyl (C=O) groups is 1. The van der Waals surface area contributed by atoms with Gasteiger partial charge < -0.3 is 19.0 Å². The smallest absolute Gasteiger partial charge is 0.342 e. The second-order valence-corrected chi connectivity index (χ2v) is 8.07. The third-order valence-electron chi connectivity index (χ3n) is 6.17. The van der Waals surface area contributed by atoms with Crippen LogP contribution in [0.15, 0.2) is 53.1 Å². The number of furan rings is 1. The molecule has 33 heavy (non-hydrogen) atoms. The summed E-state index contributed by atoms with van der Waals surface area (Å²) in [4.78, 5) is 19.9. The monoisotopic (exact) mass is 446 g/mol. The summed E-state index contributed by atoms with van der Waals surface area (Å²) in [6.45, 7) is 6.26. The van der Waals surface area contributed by atoms with Crippen LogP contribution < -0.4 is 0 Å². The number of hydrogen-bond acceptors (Lipinski definition) is 7. The summed E-state index contributed by atoms with van der Waals surface area (Å²) in [6, 6.07) is 12.9. The van der Waals surface area contributed by atoms with E-state index in [9.17, 15) is 9.90 Å². The second kappa shape index (κ2) is 8.84. The Balaban J connectivity index is 1.89. The number of phenols is 1. The minimum Gasteiger partial charge on any atom is -0.507 e. The van der Waals surface area contributed by atoms with Crippen LogP contribution >= 0.6 is 0 Å². The lowest BCUT2D eigenvalue weighted by Crippen LogP contribution is -2.40. The van der Waals surface area contributed by atoms with E-state index in [1.807, 2.05) is 42.5 Å². The van der Waals surface area contributed by atoms with Crippen LogP contribution in [0, 0.1) is 6.92 Å². The minimum absolute atomic E-state index is 0.117. The van der Waals surface area contributed by atoms with E-state index in [4.69, 9.17) is 13.9 Å². The van der Waals surface area contributed by atoms with E-state index in [0.29, 0.717) is 59.5 Å². The number of aryl methyl sites for hydroxylation is 1.